The van der Waals surface area contributed by atoms with E-state index in [1.165, 1.54) is 0 Å². The number of hydrogen-bond acceptors (Lipinski definition) is 3. The van der Waals surface area contributed by atoms with Gasteiger partial charge in [-0.3, -0.25) is 5.32 Å². The lowest BCUT2D eigenvalue weighted by molar-refractivity contribution is 0.210. The van der Waals surface area contributed by atoms with Crippen LogP contribution in [0, 0.1) is 0 Å². The molecule has 0 bridgehead atoms. The Morgan fingerprint density at radius 3 is 2.95 bits per heavy atom. The maximum absolute atomic E-state index is 10.7. The molecule has 0 saturated carbocycles. The Bertz CT molecular complexity index is 849. The van der Waals surface area contributed by atoms with Gasteiger partial charge in [0.25, 0.3) is 0 Å². The number of rotatable bonds is 2. The van der Waals surface area contributed by atoms with Crippen molar-refractivity contribution in [2.45, 2.75) is 0 Å². The van der Waals surface area contributed by atoms with Gasteiger partial charge < -0.3 is 10.1 Å². The standard InChI is InChI=1S/C13H8BrClN4O2/c14-6-3-10-12(16-5-6)19-11(18-10)8-4-7(17-13(20)21)1-2-9(8)15/h1-5,17H,(H,20,21)(H,16,18,19). The third-order valence-electron chi connectivity index (χ3n) is 2.78. The highest BCUT2D eigenvalue weighted by atomic mass is 79.9. The van der Waals surface area contributed by atoms with Crippen molar-refractivity contribution in [3.8, 4) is 11.4 Å². The average molecular weight is 368 g/mol. The molecular formula is C13H8BrClN4O2. The fourth-order valence-electron chi connectivity index (χ4n) is 1.91. The zero-order chi connectivity index (χ0) is 15.0. The van der Waals surface area contributed by atoms with Crippen LogP contribution in [0.5, 0.6) is 0 Å². The lowest BCUT2D eigenvalue weighted by Gasteiger charge is -2.05. The summed E-state index contributed by atoms with van der Waals surface area (Å²) in [4.78, 5) is 22.4. The molecule has 2 heterocycles. The highest BCUT2D eigenvalue weighted by molar-refractivity contribution is 9.10. The second-order valence-corrected chi connectivity index (χ2v) is 5.56. The molecule has 0 saturated heterocycles. The van der Waals surface area contributed by atoms with E-state index in [1.807, 2.05) is 6.07 Å². The van der Waals surface area contributed by atoms with Crippen LogP contribution < -0.4 is 5.32 Å². The topological polar surface area (TPSA) is 90.9 Å². The van der Waals surface area contributed by atoms with Crippen molar-refractivity contribution in [3.05, 3.63) is 40.0 Å². The highest BCUT2D eigenvalue weighted by Crippen LogP contribution is 2.30. The van der Waals surface area contributed by atoms with Crippen molar-refractivity contribution in [3.63, 3.8) is 0 Å². The van der Waals surface area contributed by atoms with Crippen molar-refractivity contribution in [1.29, 1.82) is 0 Å². The summed E-state index contributed by atoms with van der Waals surface area (Å²) in [5, 5.41) is 11.5. The van der Waals surface area contributed by atoms with Crippen LogP contribution in [0.15, 0.2) is 34.9 Å². The van der Waals surface area contributed by atoms with Crippen molar-refractivity contribution in [2.24, 2.45) is 0 Å². The molecule has 0 aliphatic rings. The highest BCUT2D eigenvalue weighted by Gasteiger charge is 2.11. The Labute approximate surface area is 132 Å². The van der Waals surface area contributed by atoms with E-state index in [9.17, 15) is 4.79 Å². The molecule has 0 atom stereocenters. The van der Waals surface area contributed by atoms with Crippen molar-refractivity contribution in [1.82, 2.24) is 15.0 Å². The predicted molar refractivity (Wildman–Crippen MR) is 83.7 cm³/mol. The Morgan fingerprint density at radius 1 is 1.38 bits per heavy atom. The Balaban J connectivity index is 2.10. The molecule has 3 N–H and O–H groups in total. The van der Waals surface area contributed by atoms with Gasteiger partial charge in [0.1, 0.15) is 5.82 Å². The van der Waals surface area contributed by atoms with Crippen LogP contribution in [0.2, 0.25) is 5.02 Å². The first-order valence-corrected chi connectivity index (χ1v) is 7.01. The van der Waals surface area contributed by atoms with E-state index >= 15 is 0 Å². The summed E-state index contributed by atoms with van der Waals surface area (Å²) in [6.07, 6.45) is 0.509. The predicted octanol–water partition coefficient (Wildman–Crippen LogP) is 4.13. The molecule has 3 rings (SSSR count). The third kappa shape index (κ3) is 2.84. The Hall–Kier alpha value is -2.12. The van der Waals surface area contributed by atoms with Gasteiger partial charge in [-0.05, 0) is 40.2 Å². The number of nitrogens with one attached hydrogen (secondary N) is 2. The van der Waals surface area contributed by atoms with Crippen LogP contribution in [-0.2, 0) is 0 Å². The molecule has 1 aromatic carbocycles. The van der Waals surface area contributed by atoms with Crippen molar-refractivity contribution in [2.75, 3.05) is 5.32 Å². The quantitative estimate of drug-likeness (QED) is 0.635. The number of H-pyrrole nitrogens is 1. The van der Waals surface area contributed by atoms with Gasteiger partial charge in [0.05, 0.1) is 10.5 Å². The Kier molecular flexibility index (Phi) is 3.52. The number of halogens is 2. The number of hydrogen-bond donors (Lipinski definition) is 3. The molecule has 0 radical (unpaired) electrons. The maximum Gasteiger partial charge on any atom is 0.409 e. The second kappa shape index (κ2) is 5.34. The number of amides is 1. The van der Waals surface area contributed by atoms with Gasteiger partial charge in [0, 0.05) is 21.9 Å². The molecule has 3 aromatic rings. The van der Waals surface area contributed by atoms with Gasteiger partial charge in [0.15, 0.2) is 5.65 Å². The fraction of sp³-hybridized carbons (Fsp3) is 0. The van der Waals surface area contributed by atoms with E-state index in [1.54, 1.807) is 24.4 Å². The monoisotopic (exact) mass is 366 g/mol. The first kappa shape index (κ1) is 13.8. The summed E-state index contributed by atoms with van der Waals surface area (Å²) in [7, 11) is 0. The van der Waals surface area contributed by atoms with E-state index in [-0.39, 0.29) is 0 Å². The van der Waals surface area contributed by atoms with Crippen LogP contribution in [0.4, 0.5) is 10.5 Å². The van der Waals surface area contributed by atoms with Crippen LogP contribution in [0.1, 0.15) is 0 Å². The van der Waals surface area contributed by atoms with Gasteiger partial charge in [-0.2, -0.15) is 0 Å². The summed E-state index contributed by atoms with van der Waals surface area (Å²) in [5.41, 5.74) is 2.32. The number of nitrogens with zero attached hydrogens (tertiary/aromatic N) is 2. The number of anilines is 1. The number of carbonyl (C=O) groups is 1. The van der Waals surface area contributed by atoms with E-state index in [4.69, 9.17) is 16.7 Å². The number of aromatic nitrogens is 3. The molecule has 0 fully saturated rings. The van der Waals surface area contributed by atoms with Gasteiger partial charge in [-0.25, -0.2) is 14.8 Å². The molecule has 1 amide bonds. The first-order valence-electron chi connectivity index (χ1n) is 5.84. The van der Waals surface area contributed by atoms with Crippen LogP contribution >= 0.6 is 27.5 Å². The molecule has 8 heteroatoms. The van der Waals surface area contributed by atoms with Gasteiger partial charge in [0.2, 0.25) is 0 Å². The Morgan fingerprint density at radius 2 is 2.19 bits per heavy atom. The number of aromatic amines is 1. The molecule has 0 spiro atoms. The molecule has 21 heavy (non-hydrogen) atoms. The first-order chi connectivity index (χ1) is 10.0. The number of pyridine rings is 1. The second-order valence-electron chi connectivity index (χ2n) is 4.23. The van der Waals surface area contributed by atoms with E-state index in [2.05, 4.69) is 36.2 Å². The van der Waals surface area contributed by atoms with E-state index in [0.717, 1.165) is 9.99 Å². The third-order valence-corrected chi connectivity index (χ3v) is 3.54. The van der Waals surface area contributed by atoms with Gasteiger partial charge >= 0.3 is 6.09 Å². The number of carboxylic acid groups (broad SMARTS) is 1. The summed E-state index contributed by atoms with van der Waals surface area (Å²) in [5.74, 6) is 0.523. The number of fused-ring (bicyclic) bond motifs is 1. The maximum atomic E-state index is 10.7. The lowest BCUT2D eigenvalue weighted by Crippen LogP contribution is -2.07. The zero-order valence-electron chi connectivity index (χ0n) is 10.4. The fourth-order valence-corrected chi connectivity index (χ4v) is 2.45. The number of benzene rings is 1. The molecule has 0 aliphatic carbocycles. The lowest BCUT2D eigenvalue weighted by atomic mass is 10.2. The van der Waals surface area contributed by atoms with Crippen LogP contribution in [0.3, 0.4) is 0 Å². The largest absolute Gasteiger partial charge is 0.465 e. The molecular weight excluding hydrogens is 360 g/mol. The van der Waals surface area contributed by atoms with Crippen molar-refractivity contribution < 1.29 is 9.90 Å². The van der Waals surface area contributed by atoms with E-state index < -0.39 is 6.09 Å². The summed E-state index contributed by atoms with van der Waals surface area (Å²) < 4.78 is 0.831. The van der Waals surface area contributed by atoms with Crippen LogP contribution in [0.25, 0.3) is 22.6 Å². The van der Waals surface area contributed by atoms with Gasteiger partial charge in [-0.1, -0.05) is 11.6 Å². The smallest absolute Gasteiger partial charge is 0.409 e. The average Bonchev–Trinajstić information content (AvgIpc) is 2.83. The SMILES string of the molecule is O=C(O)Nc1ccc(Cl)c(-c2nc3ncc(Br)cc3[nH]2)c1. The summed E-state index contributed by atoms with van der Waals surface area (Å²) in [6.45, 7) is 0. The molecule has 106 valence electrons. The molecule has 2 aromatic heterocycles. The summed E-state index contributed by atoms with van der Waals surface area (Å²) >= 11 is 9.50. The summed E-state index contributed by atoms with van der Waals surface area (Å²) in [6, 6.07) is 6.66. The normalized spacial score (nSPS) is 10.8. The van der Waals surface area contributed by atoms with Crippen molar-refractivity contribution >= 4 is 50.5 Å². The minimum absolute atomic E-state index is 0.413. The number of imidazole rings is 1. The van der Waals surface area contributed by atoms with Gasteiger partial charge in [-0.15, -0.1) is 0 Å². The zero-order valence-corrected chi connectivity index (χ0v) is 12.7. The van der Waals surface area contributed by atoms with E-state index in [0.29, 0.717) is 27.7 Å². The van der Waals surface area contributed by atoms with Crippen LogP contribution in [-0.4, -0.2) is 26.2 Å². The molecule has 0 aliphatic heterocycles. The molecule has 0 unspecified atom stereocenters. The molecule has 6 nitrogen and oxygen atoms in total. The minimum Gasteiger partial charge on any atom is -0.465 e. The minimum atomic E-state index is -1.14.